The van der Waals surface area contributed by atoms with E-state index in [1.54, 1.807) is 12.1 Å². The van der Waals surface area contributed by atoms with Crippen molar-refractivity contribution in [1.29, 1.82) is 0 Å². The smallest absolute Gasteiger partial charge is 0.367 e. The van der Waals surface area contributed by atoms with E-state index in [1.807, 2.05) is 24.3 Å². The predicted molar refractivity (Wildman–Crippen MR) is 68.3 cm³/mol. The Balaban J connectivity index is 2.52. The molecule has 1 unspecified atom stereocenters. The van der Waals surface area contributed by atoms with Gasteiger partial charge in [0, 0.05) is 4.47 Å². The van der Waals surface area contributed by atoms with Crippen LogP contribution in [0.2, 0.25) is 0 Å². The average molecular weight is 315 g/mol. The van der Waals surface area contributed by atoms with Gasteiger partial charge in [-0.2, -0.15) is 0 Å². The van der Waals surface area contributed by atoms with Crippen molar-refractivity contribution in [3.05, 3.63) is 46.4 Å². The number of carbonyl (C=O) groups is 1. The molecule has 4 nitrogen and oxygen atoms in total. The van der Waals surface area contributed by atoms with Crippen molar-refractivity contribution in [2.24, 2.45) is 0 Å². The lowest BCUT2D eigenvalue weighted by molar-refractivity contribution is 0.0730. The molecular formula is C11H8BrO4P. The van der Waals surface area contributed by atoms with Crippen LogP contribution in [0.15, 0.2) is 40.9 Å². The summed E-state index contributed by atoms with van der Waals surface area (Å²) in [6, 6.07) is 10.8. The third-order valence-electron chi connectivity index (χ3n) is 2.26. The molecule has 2 aromatic carbocycles. The van der Waals surface area contributed by atoms with Gasteiger partial charge in [0.05, 0.1) is 5.56 Å². The lowest BCUT2D eigenvalue weighted by atomic mass is 10.1. The highest BCUT2D eigenvalue weighted by molar-refractivity contribution is 9.10. The minimum atomic E-state index is -3.27. The van der Waals surface area contributed by atoms with Crippen molar-refractivity contribution in [2.75, 3.05) is 0 Å². The highest BCUT2D eigenvalue weighted by Crippen LogP contribution is 2.30. The number of fused-ring (bicyclic) bond motifs is 1. The van der Waals surface area contributed by atoms with Crippen molar-refractivity contribution in [2.45, 2.75) is 0 Å². The fourth-order valence-corrected chi connectivity index (χ4v) is 2.45. The summed E-state index contributed by atoms with van der Waals surface area (Å²) in [6.07, 6.45) is 0. The van der Waals surface area contributed by atoms with Gasteiger partial charge in [0.25, 0.3) is 0 Å². The van der Waals surface area contributed by atoms with Crippen molar-refractivity contribution in [3.8, 4) is 0 Å². The molecule has 0 amide bonds. The second-order valence-corrected chi connectivity index (χ2v) is 4.83. The summed E-state index contributed by atoms with van der Waals surface area (Å²) in [5.74, 6) is -0.811. The van der Waals surface area contributed by atoms with Gasteiger partial charge in [0.15, 0.2) is 0 Å². The molecule has 0 radical (unpaired) electrons. The van der Waals surface area contributed by atoms with Crippen LogP contribution in [-0.2, 0) is 9.09 Å². The van der Waals surface area contributed by atoms with E-state index in [0.29, 0.717) is 4.47 Å². The van der Waals surface area contributed by atoms with Gasteiger partial charge in [-0.05, 0) is 32.8 Å². The molecule has 0 aliphatic carbocycles. The van der Waals surface area contributed by atoms with Crippen LogP contribution >= 0.6 is 24.2 Å². The van der Waals surface area contributed by atoms with Crippen molar-refractivity contribution < 1.29 is 18.8 Å². The molecule has 0 aliphatic heterocycles. The Hall–Kier alpha value is -1.16. The van der Waals surface area contributed by atoms with E-state index in [4.69, 9.17) is 4.89 Å². The Morgan fingerprint density at radius 3 is 2.65 bits per heavy atom. The molecule has 2 aromatic rings. The molecule has 88 valence electrons. The molecule has 0 spiro atoms. The Morgan fingerprint density at radius 2 is 1.94 bits per heavy atom. The van der Waals surface area contributed by atoms with Crippen LogP contribution in [0, 0.1) is 0 Å². The fourth-order valence-electron chi connectivity index (χ4n) is 1.53. The summed E-state index contributed by atoms with van der Waals surface area (Å²) in [4.78, 5) is 20.1. The maximum atomic E-state index is 11.5. The molecule has 0 heterocycles. The molecule has 1 atom stereocenters. The van der Waals surface area contributed by atoms with Gasteiger partial charge in [0.2, 0.25) is 0 Å². The summed E-state index contributed by atoms with van der Waals surface area (Å²) >= 11 is 3.30. The van der Waals surface area contributed by atoms with Crippen molar-refractivity contribution in [3.63, 3.8) is 0 Å². The molecule has 0 bridgehead atoms. The largest absolute Gasteiger partial charge is 0.390 e. The van der Waals surface area contributed by atoms with Crippen LogP contribution in [0.4, 0.5) is 0 Å². The zero-order valence-electron chi connectivity index (χ0n) is 8.51. The van der Waals surface area contributed by atoms with Gasteiger partial charge in [-0.3, -0.25) is 0 Å². The SMILES string of the molecule is O=C(O[PH](=O)O)c1ccc2ccccc2c1Br. The number of rotatable bonds is 2. The monoisotopic (exact) mass is 314 g/mol. The third kappa shape index (κ3) is 2.57. The standard InChI is InChI=1S/C11H8BrO4P/c12-10-8-4-2-1-3-7(8)5-6-9(10)11(13)16-17(14)15/h1-6,17H,(H,14,15). The van der Waals surface area contributed by atoms with E-state index >= 15 is 0 Å². The minimum absolute atomic E-state index is 0.232. The lowest BCUT2D eigenvalue weighted by Gasteiger charge is -2.06. The second kappa shape index (κ2) is 5.00. The van der Waals surface area contributed by atoms with E-state index in [9.17, 15) is 9.36 Å². The molecule has 6 heteroatoms. The summed E-state index contributed by atoms with van der Waals surface area (Å²) in [5.41, 5.74) is 0.232. The van der Waals surface area contributed by atoms with Crippen LogP contribution in [0.25, 0.3) is 10.8 Å². The fraction of sp³-hybridized carbons (Fsp3) is 0. The Labute approximate surface area is 106 Å². The first-order valence-corrected chi connectivity index (χ1v) is 6.77. The lowest BCUT2D eigenvalue weighted by Crippen LogP contribution is -2.01. The number of carbonyl (C=O) groups excluding carboxylic acids is 1. The van der Waals surface area contributed by atoms with Gasteiger partial charge >= 0.3 is 14.2 Å². The second-order valence-electron chi connectivity index (χ2n) is 3.30. The van der Waals surface area contributed by atoms with E-state index in [1.165, 1.54) is 0 Å². The summed E-state index contributed by atoms with van der Waals surface area (Å²) in [5, 5.41) is 1.81. The van der Waals surface area contributed by atoms with E-state index in [0.717, 1.165) is 10.8 Å². The number of hydrogen-bond donors (Lipinski definition) is 1. The van der Waals surface area contributed by atoms with Crippen molar-refractivity contribution >= 4 is 40.9 Å². The van der Waals surface area contributed by atoms with Gasteiger partial charge in [-0.25, -0.2) is 9.36 Å². The highest BCUT2D eigenvalue weighted by Gasteiger charge is 2.15. The first-order chi connectivity index (χ1) is 8.09. The Kier molecular flexibility index (Phi) is 3.62. The van der Waals surface area contributed by atoms with E-state index < -0.39 is 14.2 Å². The number of halogens is 1. The first kappa shape index (κ1) is 12.3. The molecule has 1 N–H and O–H groups in total. The van der Waals surface area contributed by atoms with Crippen LogP contribution in [0.5, 0.6) is 0 Å². The highest BCUT2D eigenvalue weighted by atomic mass is 79.9. The zero-order chi connectivity index (χ0) is 12.4. The molecule has 0 saturated carbocycles. The molecule has 17 heavy (non-hydrogen) atoms. The average Bonchev–Trinajstić information content (AvgIpc) is 2.28. The molecule has 0 aliphatic rings. The van der Waals surface area contributed by atoms with Crippen LogP contribution in [0.1, 0.15) is 10.4 Å². The quantitative estimate of drug-likeness (QED) is 0.865. The van der Waals surface area contributed by atoms with Crippen LogP contribution in [0.3, 0.4) is 0 Å². The van der Waals surface area contributed by atoms with Crippen LogP contribution in [-0.4, -0.2) is 10.9 Å². The van der Waals surface area contributed by atoms with E-state index in [-0.39, 0.29) is 5.56 Å². The summed E-state index contributed by atoms with van der Waals surface area (Å²) < 4.78 is 15.3. The molecule has 0 fully saturated rings. The molecule has 0 aromatic heterocycles. The summed E-state index contributed by atoms with van der Waals surface area (Å²) in [7, 11) is -3.27. The topological polar surface area (TPSA) is 63.6 Å². The zero-order valence-corrected chi connectivity index (χ0v) is 11.1. The molecule has 2 rings (SSSR count). The van der Waals surface area contributed by atoms with Crippen molar-refractivity contribution in [1.82, 2.24) is 0 Å². The molecular weight excluding hydrogens is 307 g/mol. The van der Waals surface area contributed by atoms with Crippen LogP contribution < -0.4 is 0 Å². The van der Waals surface area contributed by atoms with Gasteiger partial charge in [0.1, 0.15) is 0 Å². The van der Waals surface area contributed by atoms with E-state index in [2.05, 4.69) is 20.5 Å². The maximum absolute atomic E-state index is 11.5. The first-order valence-electron chi connectivity index (χ1n) is 4.72. The molecule has 0 saturated heterocycles. The Bertz CT molecular complexity index is 611. The maximum Gasteiger partial charge on any atom is 0.367 e. The van der Waals surface area contributed by atoms with Gasteiger partial charge in [-0.15, -0.1) is 0 Å². The minimum Gasteiger partial charge on any atom is -0.390 e. The third-order valence-corrected chi connectivity index (χ3v) is 3.48. The predicted octanol–water partition coefficient (Wildman–Crippen LogP) is 3.14. The Morgan fingerprint density at radius 1 is 1.24 bits per heavy atom. The number of hydrogen-bond acceptors (Lipinski definition) is 3. The van der Waals surface area contributed by atoms with Gasteiger partial charge < -0.3 is 9.42 Å². The van der Waals surface area contributed by atoms with Gasteiger partial charge in [-0.1, -0.05) is 30.3 Å². The summed E-state index contributed by atoms with van der Waals surface area (Å²) in [6.45, 7) is 0. The normalized spacial score (nSPS) is 12.4. The number of benzene rings is 2.